The van der Waals surface area contributed by atoms with Crippen LogP contribution in [0.3, 0.4) is 0 Å². The molecule has 0 aliphatic rings. The maximum Gasteiger partial charge on any atom is 0.335 e. The number of thioether (sulfide) groups is 1. The fourth-order valence-electron chi connectivity index (χ4n) is 1.79. The van der Waals surface area contributed by atoms with Crippen molar-refractivity contribution >= 4 is 41.5 Å². The molecule has 0 atom stereocenters. The van der Waals surface area contributed by atoms with Gasteiger partial charge in [-0.25, -0.2) is 10.2 Å². The number of aromatic carboxylic acids is 1. The van der Waals surface area contributed by atoms with Gasteiger partial charge in [0.1, 0.15) is 0 Å². The molecule has 2 aromatic carbocycles. The van der Waals surface area contributed by atoms with Crippen LogP contribution in [0.2, 0.25) is 5.02 Å². The van der Waals surface area contributed by atoms with E-state index in [1.165, 1.54) is 30.1 Å². The lowest BCUT2D eigenvalue weighted by Crippen LogP contribution is -2.19. The summed E-state index contributed by atoms with van der Waals surface area (Å²) in [6.07, 6.45) is 1.46. The fourth-order valence-corrected chi connectivity index (χ4v) is 2.90. The number of amides is 1. The molecule has 24 heavy (non-hydrogen) atoms. The molecule has 0 saturated carbocycles. The molecule has 0 bridgehead atoms. The van der Waals surface area contributed by atoms with E-state index in [1.54, 1.807) is 12.1 Å². The minimum atomic E-state index is -0.984. The highest BCUT2D eigenvalue weighted by Crippen LogP contribution is 2.20. The van der Waals surface area contributed by atoms with E-state index >= 15 is 0 Å². The number of hydrazone groups is 1. The summed E-state index contributed by atoms with van der Waals surface area (Å²) >= 11 is 7.49. The van der Waals surface area contributed by atoms with Crippen molar-refractivity contribution in [2.24, 2.45) is 5.10 Å². The first-order valence-corrected chi connectivity index (χ1v) is 8.56. The van der Waals surface area contributed by atoms with Crippen molar-refractivity contribution in [1.29, 1.82) is 0 Å². The topological polar surface area (TPSA) is 78.8 Å². The van der Waals surface area contributed by atoms with E-state index in [-0.39, 0.29) is 17.2 Å². The summed E-state index contributed by atoms with van der Waals surface area (Å²) in [6, 6.07) is 13.7. The Kier molecular flexibility index (Phi) is 6.84. The predicted octanol–water partition coefficient (Wildman–Crippen LogP) is 3.42. The molecule has 2 rings (SSSR count). The van der Waals surface area contributed by atoms with Crippen LogP contribution in [-0.2, 0) is 10.5 Å². The molecular weight excluding hydrogens is 348 g/mol. The molecule has 0 fully saturated rings. The number of carboxylic acid groups (broad SMARTS) is 1. The third-order valence-electron chi connectivity index (χ3n) is 3.01. The van der Waals surface area contributed by atoms with E-state index in [0.717, 1.165) is 5.56 Å². The van der Waals surface area contributed by atoms with Gasteiger partial charge in [-0.1, -0.05) is 41.9 Å². The summed E-state index contributed by atoms with van der Waals surface area (Å²) in [5.41, 5.74) is 4.31. The van der Waals surface area contributed by atoms with Gasteiger partial charge in [-0.3, -0.25) is 4.79 Å². The summed E-state index contributed by atoms with van der Waals surface area (Å²) in [4.78, 5) is 22.4. The Bertz CT molecular complexity index is 748. The number of nitrogens with one attached hydrogen (secondary N) is 1. The SMILES string of the molecule is O=C(CSCc1ccccc1Cl)N/N=C\c1ccc(C(=O)O)cc1. The van der Waals surface area contributed by atoms with Gasteiger partial charge in [0, 0.05) is 10.8 Å². The summed E-state index contributed by atoms with van der Waals surface area (Å²) in [7, 11) is 0. The van der Waals surface area contributed by atoms with Gasteiger partial charge in [-0.05, 0) is 29.3 Å². The Morgan fingerprint density at radius 2 is 1.88 bits per heavy atom. The maximum atomic E-state index is 11.7. The lowest BCUT2D eigenvalue weighted by Gasteiger charge is -2.03. The molecule has 0 aromatic heterocycles. The highest BCUT2D eigenvalue weighted by atomic mass is 35.5. The van der Waals surface area contributed by atoms with E-state index < -0.39 is 5.97 Å². The van der Waals surface area contributed by atoms with E-state index in [1.807, 2.05) is 24.3 Å². The van der Waals surface area contributed by atoms with Crippen LogP contribution in [0.25, 0.3) is 0 Å². The number of hydrogen-bond acceptors (Lipinski definition) is 4. The van der Waals surface area contributed by atoms with Crippen molar-refractivity contribution in [3.8, 4) is 0 Å². The minimum Gasteiger partial charge on any atom is -0.478 e. The normalized spacial score (nSPS) is 10.7. The van der Waals surface area contributed by atoms with Crippen molar-refractivity contribution in [3.63, 3.8) is 0 Å². The van der Waals surface area contributed by atoms with Gasteiger partial charge in [-0.2, -0.15) is 5.10 Å². The molecule has 1 amide bonds. The standard InChI is InChI=1S/C17H15ClN2O3S/c18-15-4-2-1-3-14(15)10-24-11-16(21)20-19-9-12-5-7-13(8-6-12)17(22)23/h1-9H,10-11H2,(H,20,21)(H,22,23)/b19-9-. The third-order valence-corrected chi connectivity index (χ3v) is 4.36. The van der Waals surface area contributed by atoms with Gasteiger partial charge < -0.3 is 5.11 Å². The van der Waals surface area contributed by atoms with E-state index in [0.29, 0.717) is 16.3 Å². The molecule has 0 spiro atoms. The molecule has 0 unspecified atom stereocenters. The Balaban J connectivity index is 1.74. The number of carbonyl (C=O) groups excluding carboxylic acids is 1. The zero-order chi connectivity index (χ0) is 17.4. The van der Waals surface area contributed by atoms with Crippen LogP contribution in [-0.4, -0.2) is 29.0 Å². The van der Waals surface area contributed by atoms with Crippen LogP contribution in [0.15, 0.2) is 53.6 Å². The first-order chi connectivity index (χ1) is 11.6. The molecule has 2 N–H and O–H groups in total. The van der Waals surface area contributed by atoms with Gasteiger partial charge >= 0.3 is 5.97 Å². The zero-order valence-electron chi connectivity index (χ0n) is 12.6. The lowest BCUT2D eigenvalue weighted by molar-refractivity contribution is -0.118. The largest absolute Gasteiger partial charge is 0.478 e. The van der Waals surface area contributed by atoms with Crippen molar-refractivity contribution in [3.05, 3.63) is 70.2 Å². The van der Waals surface area contributed by atoms with E-state index in [4.69, 9.17) is 16.7 Å². The lowest BCUT2D eigenvalue weighted by atomic mass is 10.1. The van der Waals surface area contributed by atoms with Gasteiger partial charge in [0.25, 0.3) is 0 Å². The van der Waals surface area contributed by atoms with Crippen LogP contribution in [0.4, 0.5) is 0 Å². The van der Waals surface area contributed by atoms with Crippen LogP contribution >= 0.6 is 23.4 Å². The Hall–Kier alpha value is -2.31. The molecule has 2 aromatic rings. The van der Waals surface area contributed by atoms with Crippen molar-refractivity contribution in [2.45, 2.75) is 5.75 Å². The monoisotopic (exact) mass is 362 g/mol. The molecular formula is C17H15ClN2O3S. The second-order valence-electron chi connectivity index (χ2n) is 4.80. The fraction of sp³-hybridized carbons (Fsp3) is 0.118. The van der Waals surface area contributed by atoms with Crippen molar-refractivity contribution < 1.29 is 14.7 Å². The van der Waals surface area contributed by atoms with Crippen molar-refractivity contribution in [1.82, 2.24) is 5.43 Å². The van der Waals surface area contributed by atoms with Crippen LogP contribution < -0.4 is 5.43 Å². The zero-order valence-corrected chi connectivity index (χ0v) is 14.2. The van der Waals surface area contributed by atoms with E-state index in [9.17, 15) is 9.59 Å². The second-order valence-corrected chi connectivity index (χ2v) is 6.20. The number of carboxylic acids is 1. The van der Waals surface area contributed by atoms with Crippen LogP contribution in [0, 0.1) is 0 Å². The van der Waals surface area contributed by atoms with Crippen LogP contribution in [0.1, 0.15) is 21.5 Å². The Labute approximate surface area is 148 Å². The van der Waals surface area contributed by atoms with Gasteiger partial charge in [-0.15, -0.1) is 11.8 Å². The number of halogens is 1. The van der Waals surface area contributed by atoms with Crippen molar-refractivity contribution in [2.75, 3.05) is 5.75 Å². The molecule has 0 heterocycles. The minimum absolute atomic E-state index is 0.201. The Morgan fingerprint density at radius 3 is 2.54 bits per heavy atom. The molecule has 7 heteroatoms. The molecule has 0 aliphatic heterocycles. The van der Waals surface area contributed by atoms with Crippen LogP contribution in [0.5, 0.6) is 0 Å². The number of rotatable bonds is 7. The summed E-state index contributed by atoms with van der Waals surface area (Å²) in [6.45, 7) is 0. The average Bonchev–Trinajstić information content (AvgIpc) is 2.57. The highest BCUT2D eigenvalue weighted by Gasteiger charge is 2.03. The highest BCUT2D eigenvalue weighted by molar-refractivity contribution is 7.99. The quantitative estimate of drug-likeness (QED) is 0.584. The van der Waals surface area contributed by atoms with E-state index in [2.05, 4.69) is 10.5 Å². The molecule has 5 nitrogen and oxygen atoms in total. The first kappa shape index (κ1) is 18.0. The number of benzene rings is 2. The predicted molar refractivity (Wildman–Crippen MR) is 96.8 cm³/mol. The average molecular weight is 363 g/mol. The third kappa shape index (κ3) is 5.72. The number of hydrogen-bond donors (Lipinski definition) is 2. The Morgan fingerprint density at radius 1 is 1.17 bits per heavy atom. The molecule has 0 saturated heterocycles. The smallest absolute Gasteiger partial charge is 0.335 e. The molecule has 124 valence electrons. The summed E-state index contributed by atoms with van der Waals surface area (Å²) < 4.78 is 0. The summed E-state index contributed by atoms with van der Waals surface area (Å²) in [5.74, 6) is -0.290. The maximum absolute atomic E-state index is 11.7. The van der Waals surface area contributed by atoms with Gasteiger partial charge in [0.05, 0.1) is 17.5 Å². The number of carbonyl (C=O) groups is 2. The second kappa shape index (κ2) is 9.10. The molecule has 0 radical (unpaired) electrons. The van der Waals surface area contributed by atoms with Gasteiger partial charge in [0.15, 0.2) is 0 Å². The van der Waals surface area contributed by atoms with Gasteiger partial charge in [0.2, 0.25) is 5.91 Å². The first-order valence-electron chi connectivity index (χ1n) is 7.02. The number of nitrogens with zero attached hydrogens (tertiary/aromatic N) is 1. The molecule has 0 aliphatic carbocycles. The summed E-state index contributed by atoms with van der Waals surface area (Å²) in [5, 5.41) is 13.3.